The number of alkyl halides is 2. The number of piperidine rings is 1. The van der Waals surface area contributed by atoms with Crippen LogP contribution in [0.25, 0.3) is 0 Å². The van der Waals surface area contributed by atoms with Gasteiger partial charge in [0.25, 0.3) is 11.8 Å². The van der Waals surface area contributed by atoms with E-state index in [1.807, 2.05) is 6.92 Å². The van der Waals surface area contributed by atoms with Crippen LogP contribution in [0.5, 0.6) is 0 Å². The molecule has 1 fully saturated rings. The number of hydrogen-bond acceptors (Lipinski definition) is 3. The fourth-order valence-corrected chi connectivity index (χ4v) is 2.25. The number of carbonyl (C=O) groups is 1. The second-order valence-corrected chi connectivity index (χ2v) is 5.33. The molecule has 2 rings (SSSR count). The van der Waals surface area contributed by atoms with Gasteiger partial charge in [-0.1, -0.05) is 12.0 Å². The Labute approximate surface area is 133 Å². The third kappa shape index (κ3) is 3.95. The lowest BCUT2D eigenvalue weighted by atomic mass is 10.0. The van der Waals surface area contributed by atoms with Crippen molar-refractivity contribution in [2.24, 2.45) is 0 Å². The average molecular weight is 317 g/mol. The first-order valence-electron chi connectivity index (χ1n) is 7.14. The molecule has 1 aromatic rings. The quantitative estimate of drug-likeness (QED) is 0.446. The molecule has 1 aliphatic heterocycles. The lowest BCUT2D eigenvalue weighted by Gasteiger charge is -2.26. The van der Waals surface area contributed by atoms with E-state index in [-0.39, 0.29) is 17.7 Å². The van der Waals surface area contributed by atoms with E-state index in [1.165, 1.54) is 6.07 Å². The van der Waals surface area contributed by atoms with Crippen LogP contribution in [0.3, 0.4) is 0 Å². The molecule has 6 heteroatoms. The second kappa shape index (κ2) is 6.61. The van der Waals surface area contributed by atoms with Gasteiger partial charge in [0.1, 0.15) is 5.84 Å². The predicted octanol–water partition coefficient (Wildman–Crippen LogP) is 2.59. The summed E-state index contributed by atoms with van der Waals surface area (Å²) >= 11 is 0. The molecule has 3 N–H and O–H groups in total. The molecule has 0 unspecified atom stereocenters. The van der Waals surface area contributed by atoms with Gasteiger partial charge in [0.05, 0.1) is 5.70 Å². The molecule has 1 saturated heterocycles. The van der Waals surface area contributed by atoms with E-state index in [0.717, 1.165) is 11.6 Å². The molecule has 4 nitrogen and oxygen atoms in total. The molecular weight excluding hydrogens is 300 g/mol. The van der Waals surface area contributed by atoms with Crippen molar-refractivity contribution in [3.63, 3.8) is 0 Å². The standard InChI is InChI=1S/C17H17F2N3O/c1-3-12-9-13(6-5-11(12)2)16(23)22-15(20)10-14-17(18,19)7-4-8-21-14/h1,5-6,9-10,21H,4,7-8H2,2H3,(H2,20,22,23)/b14-10-. The summed E-state index contributed by atoms with van der Waals surface area (Å²) in [6, 6.07) is 4.79. The molecule has 0 saturated carbocycles. The van der Waals surface area contributed by atoms with Crippen LogP contribution in [0.4, 0.5) is 8.78 Å². The minimum atomic E-state index is -3.00. The van der Waals surface area contributed by atoms with E-state index in [9.17, 15) is 13.6 Å². The Balaban J connectivity index is 2.11. The number of rotatable bonds is 2. The monoisotopic (exact) mass is 317 g/mol. The number of hydrogen-bond donors (Lipinski definition) is 3. The summed E-state index contributed by atoms with van der Waals surface area (Å²) in [5.74, 6) is -1.51. The Bertz CT molecular complexity index is 717. The molecule has 120 valence electrons. The summed E-state index contributed by atoms with van der Waals surface area (Å²) in [5.41, 5.74) is 1.35. The van der Waals surface area contributed by atoms with Crippen LogP contribution >= 0.6 is 0 Å². The van der Waals surface area contributed by atoms with Gasteiger partial charge in [0.15, 0.2) is 0 Å². The number of allylic oxidation sites excluding steroid dienone is 1. The maximum atomic E-state index is 13.7. The molecule has 0 aromatic heterocycles. The fraction of sp³-hybridized carbons (Fsp3) is 0.294. The van der Waals surface area contributed by atoms with E-state index in [4.69, 9.17) is 11.8 Å². The molecule has 1 amide bonds. The van der Waals surface area contributed by atoms with Gasteiger partial charge in [-0.15, -0.1) is 6.42 Å². The SMILES string of the molecule is C#Cc1cc(C(=O)NC(=N)/C=C2\NCCCC2(F)F)ccc1C. The van der Waals surface area contributed by atoms with Gasteiger partial charge >= 0.3 is 0 Å². The molecule has 1 heterocycles. The topological polar surface area (TPSA) is 65.0 Å². The second-order valence-electron chi connectivity index (χ2n) is 5.33. The lowest BCUT2D eigenvalue weighted by molar-refractivity contribution is 0.0125. The molecular formula is C17H17F2N3O. The van der Waals surface area contributed by atoms with Crippen LogP contribution in [0.15, 0.2) is 30.0 Å². The van der Waals surface area contributed by atoms with Crippen LogP contribution in [0.2, 0.25) is 0 Å². The van der Waals surface area contributed by atoms with E-state index in [2.05, 4.69) is 16.6 Å². The van der Waals surface area contributed by atoms with Gasteiger partial charge in [0.2, 0.25) is 0 Å². The highest BCUT2D eigenvalue weighted by atomic mass is 19.3. The number of carbonyl (C=O) groups excluding carboxylic acids is 1. The predicted molar refractivity (Wildman–Crippen MR) is 84.6 cm³/mol. The van der Waals surface area contributed by atoms with Gasteiger partial charge < -0.3 is 10.6 Å². The maximum absolute atomic E-state index is 13.7. The molecule has 0 atom stereocenters. The Morgan fingerprint density at radius 2 is 2.26 bits per heavy atom. The summed E-state index contributed by atoms with van der Waals surface area (Å²) in [4.78, 5) is 12.1. The minimum Gasteiger partial charge on any atom is -0.383 e. The smallest absolute Gasteiger partial charge is 0.287 e. The first kappa shape index (κ1) is 16.7. The third-order valence-corrected chi connectivity index (χ3v) is 3.57. The van der Waals surface area contributed by atoms with Gasteiger partial charge in [-0.25, -0.2) is 0 Å². The van der Waals surface area contributed by atoms with E-state index in [0.29, 0.717) is 18.5 Å². The van der Waals surface area contributed by atoms with E-state index >= 15 is 0 Å². The van der Waals surface area contributed by atoms with Crippen molar-refractivity contribution in [3.8, 4) is 12.3 Å². The van der Waals surface area contributed by atoms with Crippen LogP contribution in [-0.2, 0) is 0 Å². The van der Waals surface area contributed by atoms with Gasteiger partial charge in [0, 0.05) is 30.2 Å². The molecule has 0 radical (unpaired) electrons. The summed E-state index contributed by atoms with van der Waals surface area (Å²) in [5, 5.41) is 12.5. The zero-order valence-corrected chi connectivity index (χ0v) is 12.7. The number of benzene rings is 1. The number of amidine groups is 1. The normalized spacial score (nSPS) is 17.9. The van der Waals surface area contributed by atoms with Crippen LogP contribution < -0.4 is 10.6 Å². The van der Waals surface area contributed by atoms with E-state index < -0.39 is 17.7 Å². The Hall–Kier alpha value is -2.68. The number of nitrogens with one attached hydrogen (secondary N) is 3. The van der Waals surface area contributed by atoms with Crippen molar-refractivity contribution in [2.75, 3.05) is 6.54 Å². The molecule has 0 aliphatic carbocycles. The molecule has 1 aliphatic rings. The molecule has 0 bridgehead atoms. The summed E-state index contributed by atoms with van der Waals surface area (Å²) in [6.45, 7) is 2.24. The number of halogens is 2. The van der Waals surface area contributed by atoms with Crippen molar-refractivity contribution < 1.29 is 13.6 Å². The van der Waals surface area contributed by atoms with Crippen LogP contribution in [0, 0.1) is 24.7 Å². The first-order valence-corrected chi connectivity index (χ1v) is 7.14. The largest absolute Gasteiger partial charge is 0.383 e. The number of terminal acetylenes is 1. The highest BCUT2D eigenvalue weighted by Gasteiger charge is 2.36. The van der Waals surface area contributed by atoms with Gasteiger partial charge in [-0.3, -0.25) is 10.2 Å². The molecule has 0 spiro atoms. The fourth-order valence-electron chi connectivity index (χ4n) is 2.25. The Morgan fingerprint density at radius 1 is 1.52 bits per heavy atom. The van der Waals surface area contributed by atoms with Gasteiger partial charge in [-0.05, 0) is 31.0 Å². The van der Waals surface area contributed by atoms with Crippen LogP contribution in [-0.4, -0.2) is 24.2 Å². The summed E-state index contributed by atoms with van der Waals surface area (Å²) < 4.78 is 27.3. The molecule has 1 aromatic carbocycles. The van der Waals surface area contributed by atoms with Crippen LogP contribution in [0.1, 0.15) is 34.3 Å². The van der Waals surface area contributed by atoms with E-state index in [1.54, 1.807) is 12.1 Å². The van der Waals surface area contributed by atoms with Crippen molar-refractivity contribution in [3.05, 3.63) is 46.7 Å². The van der Waals surface area contributed by atoms with Gasteiger partial charge in [-0.2, -0.15) is 8.78 Å². The minimum absolute atomic E-state index is 0.267. The summed E-state index contributed by atoms with van der Waals surface area (Å²) in [7, 11) is 0. The first-order chi connectivity index (χ1) is 10.8. The van der Waals surface area contributed by atoms with Crippen molar-refractivity contribution in [2.45, 2.75) is 25.7 Å². The van der Waals surface area contributed by atoms with Crippen molar-refractivity contribution >= 4 is 11.7 Å². The van der Waals surface area contributed by atoms with Crippen molar-refractivity contribution in [1.82, 2.24) is 10.6 Å². The molecule has 23 heavy (non-hydrogen) atoms. The Kier molecular flexibility index (Phi) is 4.80. The number of amides is 1. The highest BCUT2D eigenvalue weighted by Crippen LogP contribution is 2.30. The Morgan fingerprint density at radius 3 is 2.91 bits per heavy atom. The maximum Gasteiger partial charge on any atom is 0.287 e. The van der Waals surface area contributed by atoms with Crippen molar-refractivity contribution in [1.29, 1.82) is 5.41 Å². The zero-order valence-electron chi connectivity index (χ0n) is 12.7. The lowest BCUT2D eigenvalue weighted by Crippen LogP contribution is -2.38. The highest BCUT2D eigenvalue weighted by molar-refractivity contribution is 6.09. The zero-order chi connectivity index (χ0) is 17.0. The summed E-state index contributed by atoms with van der Waals surface area (Å²) in [6.07, 6.45) is 6.40. The third-order valence-electron chi connectivity index (χ3n) is 3.57. The number of aryl methyl sites for hydroxylation is 1. The average Bonchev–Trinajstić information content (AvgIpc) is 2.49.